The summed E-state index contributed by atoms with van der Waals surface area (Å²) in [6.45, 7) is 16.9. The number of rotatable bonds is 6. The number of ether oxygens (including phenoxy) is 1. The average Bonchev–Trinajstić information content (AvgIpc) is 3.28. The molecule has 0 spiro atoms. The van der Waals surface area contributed by atoms with Crippen LogP contribution in [0.3, 0.4) is 0 Å². The van der Waals surface area contributed by atoms with Gasteiger partial charge < -0.3 is 14.6 Å². The lowest BCUT2D eigenvalue weighted by Crippen LogP contribution is -2.50. The predicted octanol–water partition coefficient (Wildman–Crippen LogP) is 6.01. The first-order valence-corrected chi connectivity index (χ1v) is 13.6. The molecule has 3 aromatic rings. The maximum absolute atomic E-state index is 14.0. The van der Waals surface area contributed by atoms with Gasteiger partial charge in [0.25, 0.3) is 0 Å². The van der Waals surface area contributed by atoms with Crippen molar-refractivity contribution in [3.8, 4) is 11.8 Å². The lowest BCUT2D eigenvalue weighted by molar-refractivity contribution is 0.103. The Morgan fingerprint density at radius 2 is 1.78 bits per heavy atom. The van der Waals surface area contributed by atoms with E-state index < -0.39 is 5.41 Å². The predicted molar refractivity (Wildman–Crippen MR) is 149 cm³/mol. The number of benzene rings is 2. The number of fused-ring (bicyclic) bond motifs is 4. The van der Waals surface area contributed by atoms with Gasteiger partial charge in [0.15, 0.2) is 5.78 Å². The van der Waals surface area contributed by atoms with E-state index in [2.05, 4.69) is 54.6 Å². The van der Waals surface area contributed by atoms with E-state index in [9.17, 15) is 10.1 Å². The number of aromatic amines is 1. The summed E-state index contributed by atoms with van der Waals surface area (Å²) in [5, 5.41) is 10.2. The summed E-state index contributed by atoms with van der Waals surface area (Å²) >= 11 is 0. The Morgan fingerprint density at radius 1 is 1.08 bits per heavy atom. The van der Waals surface area contributed by atoms with Crippen molar-refractivity contribution in [3.05, 3.63) is 58.3 Å². The monoisotopic (exact) mass is 498 g/mol. The highest BCUT2D eigenvalue weighted by molar-refractivity contribution is 6.20. The van der Waals surface area contributed by atoms with Gasteiger partial charge in [0.1, 0.15) is 5.75 Å². The zero-order valence-electron chi connectivity index (χ0n) is 22.9. The highest BCUT2D eigenvalue weighted by Crippen LogP contribution is 2.47. The van der Waals surface area contributed by atoms with Crippen molar-refractivity contribution in [2.24, 2.45) is 0 Å². The van der Waals surface area contributed by atoms with Crippen LogP contribution in [0.2, 0.25) is 0 Å². The molecule has 1 aliphatic carbocycles. The van der Waals surface area contributed by atoms with Crippen molar-refractivity contribution in [3.63, 3.8) is 0 Å². The van der Waals surface area contributed by atoms with Crippen LogP contribution in [-0.4, -0.2) is 54.0 Å². The Kier molecular flexibility index (Phi) is 6.53. The second-order valence-corrected chi connectivity index (χ2v) is 11.2. The van der Waals surface area contributed by atoms with E-state index in [4.69, 9.17) is 4.74 Å². The molecule has 0 atom stereocenters. The highest BCUT2D eigenvalue weighted by Gasteiger charge is 2.41. The molecule has 6 nitrogen and oxygen atoms in total. The minimum absolute atomic E-state index is 0.00223. The molecule has 6 heteroatoms. The summed E-state index contributed by atoms with van der Waals surface area (Å²) in [6, 6.07) is 12.5. The first-order chi connectivity index (χ1) is 17.7. The van der Waals surface area contributed by atoms with Crippen molar-refractivity contribution >= 4 is 22.4 Å². The Balaban J connectivity index is 1.59. The van der Waals surface area contributed by atoms with Gasteiger partial charge in [0, 0.05) is 59.8 Å². The Hall–Kier alpha value is -3.30. The molecule has 1 aromatic heterocycles. The quantitative estimate of drug-likeness (QED) is 0.451. The average molecular weight is 499 g/mol. The number of carbonyl (C=O) groups is 1. The van der Waals surface area contributed by atoms with Crippen molar-refractivity contribution in [1.82, 2.24) is 9.88 Å². The fourth-order valence-corrected chi connectivity index (χ4v) is 6.24. The number of nitrogens with one attached hydrogen (secondary N) is 1. The van der Waals surface area contributed by atoms with Crippen LogP contribution in [-0.2, 0) is 5.41 Å². The molecule has 1 fully saturated rings. The molecule has 37 heavy (non-hydrogen) atoms. The summed E-state index contributed by atoms with van der Waals surface area (Å²) in [7, 11) is 0. The summed E-state index contributed by atoms with van der Waals surface area (Å²) in [5.74, 6) is 0.794. The topological polar surface area (TPSA) is 72.4 Å². The minimum atomic E-state index is -0.410. The second kappa shape index (κ2) is 9.54. The first-order valence-electron chi connectivity index (χ1n) is 13.6. The number of H-pyrrole nitrogens is 1. The van der Waals surface area contributed by atoms with Gasteiger partial charge in [-0.2, -0.15) is 5.26 Å². The molecule has 0 unspecified atom stereocenters. The number of ketones is 1. The van der Waals surface area contributed by atoms with E-state index in [-0.39, 0.29) is 11.9 Å². The maximum atomic E-state index is 14.0. The number of carbonyl (C=O) groups excluding carboxylic acids is 1. The molecule has 1 N–H and O–H groups in total. The number of aromatic nitrogens is 1. The molecule has 0 bridgehead atoms. The van der Waals surface area contributed by atoms with Crippen LogP contribution in [0.5, 0.6) is 5.75 Å². The largest absolute Gasteiger partial charge is 0.489 e. The summed E-state index contributed by atoms with van der Waals surface area (Å²) in [6.07, 6.45) is 2.36. The Morgan fingerprint density at radius 3 is 2.41 bits per heavy atom. The van der Waals surface area contributed by atoms with Gasteiger partial charge in [0.05, 0.1) is 29.0 Å². The summed E-state index contributed by atoms with van der Waals surface area (Å²) in [4.78, 5) is 22.5. The SMILES string of the molecule is CCC(CC)N1CCN(c2cc3c(cc2OC(C)C)C(=O)c2c([nH]c4cc(C#N)ccc24)C3(C)C)CC1. The molecule has 2 aliphatic rings. The second-order valence-electron chi connectivity index (χ2n) is 11.2. The van der Waals surface area contributed by atoms with Gasteiger partial charge in [-0.15, -0.1) is 0 Å². The Labute approximate surface area is 220 Å². The Bertz CT molecular complexity index is 1380. The first kappa shape index (κ1) is 25.4. The third-order valence-electron chi connectivity index (χ3n) is 8.27. The summed E-state index contributed by atoms with van der Waals surface area (Å²) in [5.41, 5.74) is 5.42. The van der Waals surface area contributed by atoms with Crippen LogP contribution in [0.1, 0.15) is 87.1 Å². The molecule has 194 valence electrons. The van der Waals surface area contributed by atoms with E-state index in [1.165, 1.54) is 12.8 Å². The van der Waals surface area contributed by atoms with E-state index in [1.54, 1.807) is 6.07 Å². The van der Waals surface area contributed by atoms with Crippen molar-refractivity contribution < 1.29 is 9.53 Å². The van der Waals surface area contributed by atoms with Crippen LogP contribution < -0.4 is 9.64 Å². The van der Waals surface area contributed by atoms with Crippen molar-refractivity contribution in [2.45, 2.75) is 71.9 Å². The van der Waals surface area contributed by atoms with Gasteiger partial charge >= 0.3 is 0 Å². The third kappa shape index (κ3) is 4.20. The zero-order valence-corrected chi connectivity index (χ0v) is 22.9. The maximum Gasteiger partial charge on any atom is 0.195 e. The van der Waals surface area contributed by atoms with Crippen LogP contribution in [0.15, 0.2) is 30.3 Å². The van der Waals surface area contributed by atoms with Gasteiger partial charge in [0.2, 0.25) is 0 Å². The molecule has 2 aromatic carbocycles. The minimum Gasteiger partial charge on any atom is -0.489 e. The smallest absolute Gasteiger partial charge is 0.195 e. The molecular formula is C31H38N4O2. The normalized spacial score (nSPS) is 17.3. The zero-order chi connectivity index (χ0) is 26.5. The number of anilines is 1. The van der Waals surface area contributed by atoms with E-state index in [0.29, 0.717) is 22.7 Å². The molecule has 1 saturated heterocycles. The van der Waals surface area contributed by atoms with Crippen LogP contribution >= 0.6 is 0 Å². The fourth-order valence-electron chi connectivity index (χ4n) is 6.24. The van der Waals surface area contributed by atoms with Crippen LogP contribution in [0.4, 0.5) is 5.69 Å². The van der Waals surface area contributed by atoms with E-state index in [1.807, 2.05) is 32.0 Å². The van der Waals surface area contributed by atoms with E-state index >= 15 is 0 Å². The number of nitriles is 1. The van der Waals surface area contributed by atoms with Gasteiger partial charge in [-0.1, -0.05) is 33.8 Å². The molecule has 0 saturated carbocycles. The number of hydrogen-bond acceptors (Lipinski definition) is 5. The fraction of sp³-hybridized carbons (Fsp3) is 0.484. The van der Waals surface area contributed by atoms with Gasteiger partial charge in [-0.25, -0.2) is 0 Å². The standard InChI is InChI=1S/C31H38N4O2/c1-7-21(8-2)34-11-13-35(14-12-34)26-17-24-23(16-27(26)37-19(3)4)29(36)28-22-10-9-20(18-32)15-25(22)33-30(28)31(24,5)6/h9-10,15-17,19,21,33H,7-8,11-14H2,1-6H3. The van der Waals surface area contributed by atoms with Crippen LogP contribution in [0, 0.1) is 11.3 Å². The molecule has 1 aliphatic heterocycles. The number of piperazine rings is 1. The number of nitrogens with zero attached hydrogens (tertiary/aromatic N) is 3. The molecule has 2 heterocycles. The molecule has 0 amide bonds. The molecular weight excluding hydrogens is 460 g/mol. The van der Waals surface area contributed by atoms with Crippen molar-refractivity contribution in [2.75, 3.05) is 31.1 Å². The van der Waals surface area contributed by atoms with Crippen molar-refractivity contribution in [1.29, 1.82) is 5.26 Å². The highest BCUT2D eigenvalue weighted by atomic mass is 16.5. The summed E-state index contributed by atoms with van der Waals surface area (Å²) < 4.78 is 6.33. The lowest BCUT2D eigenvalue weighted by atomic mass is 9.71. The van der Waals surface area contributed by atoms with E-state index in [0.717, 1.165) is 59.8 Å². The third-order valence-corrected chi connectivity index (χ3v) is 8.27. The van der Waals surface area contributed by atoms with Crippen LogP contribution in [0.25, 0.3) is 10.9 Å². The number of hydrogen-bond donors (Lipinski definition) is 1. The van der Waals surface area contributed by atoms with Gasteiger partial charge in [-0.05, 0) is 56.5 Å². The van der Waals surface area contributed by atoms with Gasteiger partial charge in [-0.3, -0.25) is 9.69 Å². The lowest BCUT2D eigenvalue weighted by Gasteiger charge is -2.41. The molecule has 5 rings (SSSR count). The molecule has 0 radical (unpaired) electrons.